The van der Waals surface area contributed by atoms with Gasteiger partial charge in [0.2, 0.25) is 0 Å². The SMILES string of the molecule is C[C@@H](Oc1ccc(C#N)cc1Cl)C(=O)N1CCNC1=O. The summed E-state index contributed by atoms with van der Waals surface area (Å²) in [6.07, 6.45) is -0.843. The fourth-order valence-electron chi connectivity index (χ4n) is 1.81. The van der Waals surface area contributed by atoms with Crippen molar-refractivity contribution in [2.75, 3.05) is 13.1 Å². The van der Waals surface area contributed by atoms with Crippen LogP contribution in [0.4, 0.5) is 4.79 Å². The molecule has 0 aromatic heterocycles. The van der Waals surface area contributed by atoms with Gasteiger partial charge in [0.25, 0.3) is 5.91 Å². The van der Waals surface area contributed by atoms with Crippen LogP contribution in [0, 0.1) is 11.3 Å². The Kier molecular flexibility index (Phi) is 4.11. The summed E-state index contributed by atoms with van der Waals surface area (Å²) in [6, 6.07) is 6.05. The molecule has 1 heterocycles. The van der Waals surface area contributed by atoms with Gasteiger partial charge in [-0.1, -0.05) is 11.6 Å². The standard InChI is InChI=1S/C13H12ClN3O3/c1-8(12(18)17-5-4-16-13(17)19)20-11-3-2-9(7-15)6-10(11)14/h2-3,6,8H,4-5H2,1H3,(H,16,19)/t8-/m1/s1. The summed E-state index contributed by atoms with van der Waals surface area (Å²) in [6.45, 7) is 2.31. The van der Waals surface area contributed by atoms with Gasteiger partial charge in [0.15, 0.2) is 6.10 Å². The Morgan fingerprint density at radius 2 is 2.35 bits per heavy atom. The number of rotatable bonds is 3. The summed E-state index contributed by atoms with van der Waals surface area (Å²) in [5.41, 5.74) is 0.403. The monoisotopic (exact) mass is 293 g/mol. The van der Waals surface area contributed by atoms with Gasteiger partial charge in [-0.2, -0.15) is 5.26 Å². The zero-order valence-electron chi connectivity index (χ0n) is 10.7. The molecule has 0 saturated carbocycles. The van der Waals surface area contributed by atoms with Gasteiger partial charge in [-0.3, -0.25) is 9.69 Å². The summed E-state index contributed by atoms with van der Waals surface area (Å²) in [5, 5.41) is 11.5. The van der Waals surface area contributed by atoms with Crippen molar-refractivity contribution < 1.29 is 14.3 Å². The number of nitrogens with one attached hydrogen (secondary N) is 1. The van der Waals surface area contributed by atoms with Crippen molar-refractivity contribution in [2.45, 2.75) is 13.0 Å². The summed E-state index contributed by atoms with van der Waals surface area (Å²) in [4.78, 5) is 24.5. The number of hydrogen-bond donors (Lipinski definition) is 1. The van der Waals surface area contributed by atoms with E-state index in [1.54, 1.807) is 13.0 Å². The van der Waals surface area contributed by atoms with Crippen LogP contribution in [0.3, 0.4) is 0 Å². The molecule has 1 atom stereocenters. The third-order valence-electron chi connectivity index (χ3n) is 2.84. The first-order valence-electron chi connectivity index (χ1n) is 5.98. The van der Waals surface area contributed by atoms with Crippen molar-refractivity contribution in [3.05, 3.63) is 28.8 Å². The van der Waals surface area contributed by atoms with E-state index in [4.69, 9.17) is 21.6 Å². The molecule has 1 aliphatic rings. The molecule has 1 aromatic rings. The minimum atomic E-state index is -0.843. The van der Waals surface area contributed by atoms with Gasteiger partial charge in [-0.15, -0.1) is 0 Å². The molecule has 2 rings (SSSR count). The smallest absolute Gasteiger partial charge is 0.324 e. The molecule has 6 nitrogen and oxygen atoms in total. The number of benzene rings is 1. The largest absolute Gasteiger partial charge is 0.479 e. The molecule has 1 N–H and O–H groups in total. The van der Waals surface area contributed by atoms with Crippen LogP contribution in [0.15, 0.2) is 18.2 Å². The number of carbonyl (C=O) groups is 2. The van der Waals surface area contributed by atoms with Gasteiger partial charge in [0.05, 0.1) is 16.7 Å². The second kappa shape index (κ2) is 5.80. The van der Waals surface area contributed by atoms with E-state index in [-0.39, 0.29) is 5.02 Å². The molecule has 0 aliphatic carbocycles. The van der Waals surface area contributed by atoms with E-state index in [0.717, 1.165) is 4.90 Å². The molecule has 20 heavy (non-hydrogen) atoms. The number of nitriles is 1. The molecule has 104 valence electrons. The maximum absolute atomic E-state index is 12.0. The number of halogens is 1. The summed E-state index contributed by atoms with van der Waals surface area (Å²) in [7, 11) is 0. The second-order valence-electron chi connectivity index (χ2n) is 4.24. The molecule has 0 radical (unpaired) electrons. The lowest BCUT2D eigenvalue weighted by atomic mass is 10.2. The van der Waals surface area contributed by atoms with Crippen molar-refractivity contribution in [3.8, 4) is 11.8 Å². The summed E-state index contributed by atoms with van der Waals surface area (Å²) in [5.74, 6) is -0.133. The predicted octanol–water partition coefficient (Wildman–Crippen LogP) is 1.53. The molecule has 0 spiro atoms. The molecule has 7 heteroatoms. The van der Waals surface area contributed by atoms with Crippen molar-refractivity contribution in [1.29, 1.82) is 5.26 Å². The van der Waals surface area contributed by atoms with Gasteiger partial charge in [-0.25, -0.2) is 4.79 Å². The topological polar surface area (TPSA) is 82.4 Å². The normalized spacial score (nSPS) is 15.4. The Hall–Kier alpha value is -2.26. The molecular formula is C13H12ClN3O3. The Balaban J connectivity index is 2.08. The first-order valence-corrected chi connectivity index (χ1v) is 6.36. The van der Waals surface area contributed by atoms with E-state index in [9.17, 15) is 9.59 Å². The highest BCUT2D eigenvalue weighted by Crippen LogP contribution is 2.26. The van der Waals surface area contributed by atoms with Crippen LogP contribution in [0.1, 0.15) is 12.5 Å². The van der Waals surface area contributed by atoms with E-state index in [1.807, 2.05) is 6.07 Å². The number of carbonyl (C=O) groups excluding carboxylic acids is 2. The van der Waals surface area contributed by atoms with Crippen molar-refractivity contribution >= 4 is 23.5 Å². The Labute approximate surface area is 120 Å². The summed E-state index contributed by atoms with van der Waals surface area (Å²) >= 11 is 5.96. The molecule has 1 saturated heterocycles. The maximum atomic E-state index is 12.0. The average Bonchev–Trinajstić information content (AvgIpc) is 2.86. The number of imide groups is 1. The number of nitrogens with zero attached hydrogens (tertiary/aromatic N) is 2. The fraction of sp³-hybridized carbons (Fsp3) is 0.308. The van der Waals surface area contributed by atoms with Gasteiger partial charge < -0.3 is 10.1 Å². The van der Waals surface area contributed by atoms with Crippen LogP contribution in [-0.4, -0.2) is 36.0 Å². The van der Waals surface area contributed by atoms with Gasteiger partial charge >= 0.3 is 6.03 Å². The molecule has 1 aromatic carbocycles. The highest BCUT2D eigenvalue weighted by atomic mass is 35.5. The second-order valence-corrected chi connectivity index (χ2v) is 4.65. The van der Waals surface area contributed by atoms with Crippen LogP contribution in [0.25, 0.3) is 0 Å². The van der Waals surface area contributed by atoms with Crippen LogP contribution in [-0.2, 0) is 4.79 Å². The Morgan fingerprint density at radius 1 is 1.60 bits per heavy atom. The van der Waals surface area contributed by atoms with Gasteiger partial charge in [0, 0.05) is 13.1 Å². The zero-order chi connectivity index (χ0) is 14.7. The highest BCUT2D eigenvalue weighted by Gasteiger charge is 2.30. The quantitative estimate of drug-likeness (QED) is 0.916. The van der Waals surface area contributed by atoms with Crippen molar-refractivity contribution in [1.82, 2.24) is 10.2 Å². The number of amides is 3. The molecule has 0 unspecified atom stereocenters. The van der Waals surface area contributed by atoms with Crippen LogP contribution >= 0.6 is 11.6 Å². The van der Waals surface area contributed by atoms with E-state index >= 15 is 0 Å². The first-order chi connectivity index (χ1) is 9.52. The third kappa shape index (κ3) is 2.83. The summed E-state index contributed by atoms with van der Waals surface area (Å²) < 4.78 is 5.45. The number of urea groups is 1. The highest BCUT2D eigenvalue weighted by molar-refractivity contribution is 6.32. The minimum absolute atomic E-state index is 0.245. The van der Waals surface area contributed by atoms with Gasteiger partial charge in [0.1, 0.15) is 5.75 Å². The molecule has 1 fully saturated rings. The van der Waals surface area contributed by atoms with Crippen molar-refractivity contribution in [2.24, 2.45) is 0 Å². The Morgan fingerprint density at radius 3 is 2.90 bits per heavy atom. The van der Waals surface area contributed by atoms with Gasteiger partial charge in [-0.05, 0) is 25.1 Å². The zero-order valence-corrected chi connectivity index (χ0v) is 11.5. The van der Waals surface area contributed by atoms with Crippen LogP contribution in [0.5, 0.6) is 5.75 Å². The van der Waals surface area contributed by atoms with E-state index < -0.39 is 18.0 Å². The minimum Gasteiger partial charge on any atom is -0.479 e. The molecular weight excluding hydrogens is 282 g/mol. The Bertz CT molecular complexity index is 597. The van der Waals surface area contributed by atoms with E-state index in [2.05, 4.69) is 5.32 Å². The number of hydrogen-bond acceptors (Lipinski definition) is 4. The van der Waals surface area contributed by atoms with E-state index in [0.29, 0.717) is 24.4 Å². The van der Waals surface area contributed by atoms with Crippen molar-refractivity contribution in [3.63, 3.8) is 0 Å². The predicted molar refractivity (Wildman–Crippen MR) is 71.4 cm³/mol. The third-order valence-corrected chi connectivity index (χ3v) is 3.13. The molecule has 0 bridgehead atoms. The van der Waals surface area contributed by atoms with E-state index in [1.165, 1.54) is 12.1 Å². The van der Waals surface area contributed by atoms with Crippen LogP contribution in [0.2, 0.25) is 5.02 Å². The number of ether oxygens (including phenoxy) is 1. The maximum Gasteiger partial charge on any atom is 0.324 e. The lowest BCUT2D eigenvalue weighted by molar-refractivity contribution is -0.134. The lowest BCUT2D eigenvalue weighted by Crippen LogP contribution is -2.42. The van der Waals surface area contributed by atoms with Crippen LogP contribution < -0.4 is 10.1 Å². The average molecular weight is 294 g/mol. The lowest BCUT2D eigenvalue weighted by Gasteiger charge is -2.19. The molecule has 1 aliphatic heterocycles. The molecule has 3 amide bonds. The first kappa shape index (κ1) is 14.2. The fourth-order valence-corrected chi connectivity index (χ4v) is 2.03.